The SMILES string of the molecule is CN1c2ccc(C(=O)NCCc3cncs3)cc2NC(=O)c2ccccc21. The minimum atomic E-state index is -0.182. The number of hydrogen-bond acceptors (Lipinski definition) is 5. The van der Waals surface area contributed by atoms with Gasteiger partial charge in [-0.05, 0) is 30.3 Å². The summed E-state index contributed by atoms with van der Waals surface area (Å²) in [5, 5.41) is 5.83. The van der Waals surface area contributed by atoms with E-state index in [1.807, 2.05) is 42.4 Å². The van der Waals surface area contributed by atoms with Crippen molar-refractivity contribution in [2.24, 2.45) is 0 Å². The summed E-state index contributed by atoms with van der Waals surface area (Å²) in [5.41, 5.74) is 5.18. The van der Waals surface area contributed by atoms with Crippen molar-refractivity contribution in [2.75, 3.05) is 23.8 Å². The summed E-state index contributed by atoms with van der Waals surface area (Å²) in [6, 6.07) is 12.8. The van der Waals surface area contributed by atoms with Gasteiger partial charge in [-0.2, -0.15) is 0 Å². The highest BCUT2D eigenvalue weighted by molar-refractivity contribution is 7.09. The maximum Gasteiger partial charge on any atom is 0.257 e. The number of nitrogens with zero attached hydrogens (tertiary/aromatic N) is 2. The number of aromatic nitrogens is 1. The normalized spacial score (nSPS) is 12.6. The summed E-state index contributed by atoms with van der Waals surface area (Å²) in [4.78, 5) is 32.1. The van der Waals surface area contributed by atoms with Crippen LogP contribution in [0, 0.1) is 0 Å². The molecule has 0 bridgehead atoms. The van der Waals surface area contributed by atoms with Crippen LogP contribution in [0.2, 0.25) is 0 Å². The van der Waals surface area contributed by atoms with E-state index in [4.69, 9.17) is 0 Å². The summed E-state index contributed by atoms with van der Waals surface area (Å²) in [7, 11) is 1.91. The largest absolute Gasteiger partial charge is 0.352 e. The fourth-order valence-corrected chi connectivity index (χ4v) is 3.71. The maximum absolute atomic E-state index is 12.6. The van der Waals surface area contributed by atoms with Crippen molar-refractivity contribution in [1.82, 2.24) is 10.3 Å². The second-order valence-electron chi connectivity index (χ2n) is 6.24. The molecule has 2 aromatic carbocycles. The first kappa shape index (κ1) is 17.2. The Morgan fingerprint density at radius 1 is 1.22 bits per heavy atom. The Balaban J connectivity index is 1.54. The van der Waals surface area contributed by atoms with Gasteiger partial charge in [0.15, 0.2) is 0 Å². The Morgan fingerprint density at radius 3 is 2.89 bits per heavy atom. The zero-order chi connectivity index (χ0) is 18.8. The first-order valence-electron chi connectivity index (χ1n) is 8.57. The molecule has 136 valence electrons. The number of benzene rings is 2. The molecule has 6 nitrogen and oxygen atoms in total. The summed E-state index contributed by atoms with van der Waals surface area (Å²) in [6.45, 7) is 0.538. The minimum Gasteiger partial charge on any atom is -0.352 e. The van der Waals surface area contributed by atoms with Crippen molar-refractivity contribution in [3.8, 4) is 0 Å². The highest BCUT2D eigenvalue weighted by Crippen LogP contribution is 2.36. The Hall–Kier alpha value is -3.19. The molecule has 4 rings (SSSR count). The van der Waals surface area contributed by atoms with Crippen molar-refractivity contribution >= 4 is 40.2 Å². The summed E-state index contributed by atoms with van der Waals surface area (Å²) in [6.07, 6.45) is 2.55. The van der Waals surface area contributed by atoms with E-state index in [0.717, 1.165) is 22.7 Å². The number of fused-ring (bicyclic) bond motifs is 2. The predicted octanol–water partition coefficient (Wildman–Crippen LogP) is 3.45. The highest BCUT2D eigenvalue weighted by atomic mass is 32.1. The van der Waals surface area contributed by atoms with E-state index in [9.17, 15) is 9.59 Å². The van der Waals surface area contributed by atoms with Gasteiger partial charge in [0.2, 0.25) is 0 Å². The van der Waals surface area contributed by atoms with Crippen molar-refractivity contribution < 1.29 is 9.59 Å². The van der Waals surface area contributed by atoms with Crippen molar-refractivity contribution in [3.63, 3.8) is 0 Å². The first-order valence-corrected chi connectivity index (χ1v) is 9.45. The third kappa shape index (κ3) is 3.41. The Kier molecular flexibility index (Phi) is 4.60. The van der Waals surface area contributed by atoms with Gasteiger partial charge in [-0.15, -0.1) is 11.3 Å². The van der Waals surface area contributed by atoms with Crippen molar-refractivity contribution in [2.45, 2.75) is 6.42 Å². The molecule has 27 heavy (non-hydrogen) atoms. The molecule has 0 saturated carbocycles. The Labute approximate surface area is 160 Å². The molecule has 1 aromatic heterocycles. The molecule has 0 unspecified atom stereocenters. The fraction of sp³-hybridized carbons (Fsp3) is 0.150. The molecule has 7 heteroatoms. The lowest BCUT2D eigenvalue weighted by Gasteiger charge is -2.21. The summed E-state index contributed by atoms with van der Waals surface area (Å²) in [5.74, 6) is -0.347. The monoisotopic (exact) mass is 378 g/mol. The van der Waals surface area contributed by atoms with Crippen molar-refractivity contribution in [3.05, 3.63) is 70.2 Å². The molecular weight excluding hydrogens is 360 g/mol. The van der Waals surface area contributed by atoms with Gasteiger partial charge in [0.25, 0.3) is 11.8 Å². The zero-order valence-corrected chi connectivity index (χ0v) is 15.5. The number of anilines is 3. The summed E-state index contributed by atoms with van der Waals surface area (Å²) >= 11 is 1.57. The zero-order valence-electron chi connectivity index (χ0n) is 14.7. The molecule has 0 radical (unpaired) electrons. The molecule has 2 amide bonds. The molecule has 2 heterocycles. The Bertz CT molecular complexity index is 1000. The average molecular weight is 378 g/mol. The average Bonchev–Trinajstić information content (AvgIpc) is 3.17. The lowest BCUT2D eigenvalue weighted by atomic mass is 10.1. The quantitative estimate of drug-likeness (QED) is 0.729. The van der Waals surface area contributed by atoms with Crippen LogP contribution in [0.3, 0.4) is 0 Å². The minimum absolute atomic E-state index is 0.166. The van der Waals surface area contributed by atoms with E-state index in [0.29, 0.717) is 23.4 Å². The summed E-state index contributed by atoms with van der Waals surface area (Å²) < 4.78 is 0. The second-order valence-corrected chi connectivity index (χ2v) is 7.21. The van der Waals surface area contributed by atoms with E-state index in [1.54, 1.807) is 35.0 Å². The molecule has 0 saturated heterocycles. The number of para-hydroxylation sites is 1. The molecule has 1 aliphatic heterocycles. The van der Waals surface area contributed by atoms with E-state index in [1.165, 1.54) is 0 Å². The number of amides is 2. The molecule has 2 N–H and O–H groups in total. The van der Waals surface area contributed by atoms with Crippen LogP contribution in [0.4, 0.5) is 17.1 Å². The first-order chi connectivity index (χ1) is 13.1. The van der Waals surface area contributed by atoms with E-state index in [2.05, 4.69) is 15.6 Å². The number of thiazole rings is 1. The third-order valence-electron chi connectivity index (χ3n) is 4.52. The molecule has 3 aromatic rings. The van der Waals surface area contributed by atoms with Gasteiger partial charge in [0.05, 0.1) is 28.1 Å². The van der Waals surface area contributed by atoms with Gasteiger partial charge >= 0.3 is 0 Å². The van der Waals surface area contributed by atoms with E-state index < -0.39 is 0 Å². The predicted molar refractivity (Wildman–Crippen MR) is 107 cm³/mol. The van der Waals surface area contributed by atoms with Crippen LogP contribution in [-0.2, 0) is 6.42 Å². The van der Waals surface area contributed by atoms with Crippen molar-refractivity contribution in [1.29, 1.82) is 0 Å². The van der Waals surface area contributed by atoms with Crippen LogP contribution < -0.4 is 15.5 Å². The van der Waals surface area contributed by atoms with Gasteiger partial charge in [-0.1, -0.05) is 12.1 Å². The van der Waals surface area contributed by atoms with Gasteiger partial charge < -0.3 is 15.5 Å². The molecular formula is C20H18N4O2S. The second kappa shape index (κ2) is 7.20. The molecule has 0 aliphatic carbocycles. The van der Waals surface area contributed by atoms with Crippen LogP contribution in [0.25, 0.3) is 0 Å². The number of hydrogen-bond donors (Lipinski definition) is 2. The van der Waals surface area contributed by atoms with Gasteiger partial charge in [0.1, 0.15) is 0 Å². The van der Waals surface area contributed by atoms with Gasteiger partial charge in [-0.3, -0.25) is 14.6 Å². The van der Waals surface area contributed by atoms with Crippen LogP contribution in [0.5, 0.6) is 0 Å². The molecule has 0 fully saturated rings. The highest BCUT2D eigenvalue weighted by Gasteiger charge is 2.23. The molecule has 1 aliphatic rings. The van der Waals surface area contributed by atoms with Crippen LogP contribution in [-0.4, -0.2) is 30.4 Å². The number of carbonyl (C=O) groups is 2. The topological polar surface area (TPSA) is 74.3 Å². The smallest absolute Gasteiger partial charge is 0.257 e. The lowest BCUT2D eigenvalue weighted by Crippen LogP contribution is -2.25. The van der Waals surface area contributed by atoms with E-state index >= 15 is 0 Å². The van der Waals surface area contributed by atoms with Gasteiger partial charge in [-0.25, -0.2) is 0 Å². The fourth-order valence-electron chi connectivity index (χ4n) is 3.11. The number of nitrogens with one attached hydrogen (secondary N) is 2. The van der Waals surface area contributed by atoms with Crippen LogP contribution in [0.1, 0.15) is 25.6 Å². The number of carbonyl (C=O) groups excluding carboxylic acids is 2. The van der Waals surface area contributed by atoms with E-state index in [-0.39, 0.29) is 11.8 Å². The van der Waals surface area contributed by atoms with Crippen LogP contribution in [0.15, 0.2) is 54.2 Å². The Morgan fingerprint density at radius 2 is 2.07 bits per heavy atom. The third-order valence-corrected chi connectivity index (χ3v) is 5.36. The standard InChI is InChI=1S/C20H18N4O2S/c1-24-17-5-3-2-4-15(17)20(26)23-16-10-13(6-7-18(16)24)19(25)22-9-8-14-11-21-12-27-14/h2-7,10-12H,8-9H2,1H3,(H,22,25)(H,23,26). The maximum atomic E-state index is 12.6. The van der Waals surface area contributed by atoms with Crippen LogP contribution >= 0.6 is 11.3 Å². The van der Waals surface area contributed by atoms with Gasteiger partial charge in [0, 0.05) is 36.7 Å². The lowest BCUT2D eigenvalue weighted by molar-refractivity contribution is 0.0952. The molecule has 0 atom stereocenters. The number of rotatable bonds is 4. The molecule has 0 spiro atoms.